The van der Waals surface area contributed by atoms with E-state index in [0.29, 0.717) is 49.8 Å². The smallest absolute Gasteiger partial charge is 1.00 e. The summed E-state index contributed by atoms with van der Waals surface area (Å²) in [6.07, 6.45) is 0. The minimum absolute atomic E-state index is 0. The zero-order chi connectivity index (χ0) is 4.00. The van der Waals surface area contributed by atoms with Gasteiger partial charge >= 0.3 is 95.8 Å². The molecule has 0 N–H and O–H groups in total. The predicted octanol–water partition coefficient (Wildman–Crippen LogP) is -1.51. The maximum Gasteiger partial charge on any atom is 1.00 e. The first-order chi connectivity index (χ1) is 2.00. The third-order valence-corrected chi connectivity index (χ3v) is 0. The van der Waals surface area contributed by atoms with E-state index < -0.39 is 0 Å². The fraction of sp³-hybridized carbons (Fsp3) is 0. The quantitative estimate of drug-likeness (QED) is 0.359. The van der Waals surface area contributed by atoms with Crippen molar-refractivity contribution in [1.82, 2.24) is 0 Å². The van der Waals surface area contributed by atoms with Gasteiger partial charge in [0.2, 0.25) is 0 Å². The van der Waals surface area contributed by atoms with E-state index in [1.807, 2.05) is 0 Å². The number of hydrogen-bond donors (Lipinski definition) is 0. The van der Waals surface area contributed by atoms with Gasteiger partial charge < -0.3 is 1.43 Å². The van der Waals surface area contributed by atoms with Crippen LogP contribution in [0.25, 0.3) is 0 Å². The van der Waals surface area contributed by atoms with E-state index >= 15 is 0 Å². The van der Waals surface area contributed by atoms with Crippen LogP contribution in [0.1, 0.15) is 1.43 Å². The van der Waals surface area contributed by atoms with Gasteiger partial charge in [-0.3, -0.25) is 0 Å². The summed E-state index contributed by atoms with van der Waals surface area (Å²) >= 11 is 1.00. The van der Waals surface area contributed by atoms with Crippen molar-refractivity contribution < 1.29 is 80.8 Å². The molecule has 0 aromatic rings. The van der Waals surface area contributed by atoms with Crippen molar-refractivity contribution in [2.45, 2.75) is 0 Å². The van der Waals surface area contributed by atoms with Gasteiger partial charge in [0.15, 0.2) is 0 Å². The Morgan fingerprint density at radius 3 is 1.00 bits per heavy atom. The SMILES string of the molecule is [Cl][Hg].[Cl][Hg].[H-].[Na+]. The van der Waals surface area contributed by atoms with Crippen molar-refractivity contribution in [3.63, 3.8) is 0 Å². The standard InChI is InChI=1S/2ClH.2Hg.Na.H/h2*1H;;;;/q;;3*+1;-1/p-2. The van der Waals surface area contributed by atoms with Crippen LogP contribution >= 0.6 is 16.5 Å². The molecule has 0 aliphatic rings. The van der Waals surface area contributed by atoms with E-state index in [1.54, 1.807) is 0 Å². The van der Waals surface area contributed by atoms with Crippen molar-refractivity contribution in [2.24, 2.45) is 0 Å². The van der Waals surface area contributed by atoms with Gasteiger partial charge in [0, 0.05) is 0 Å². The minimum atomic E-state index is 0. The minimum Gasteiger partial charge on any atom is -1.00 e. The molecule has 0 amide bonds. The topological polar surface area (TPSA) is 0 Å². The fourth-order valence-electron chi connectivity index (χ4n) is 0. The van der Waals surface area contributed by atoms with Crippen LogP contribution in [-0.4, -0.2) is 0 Å². The molecule has 5 heavy (non-hydrogen) atoms. The molecule has 0 atom stereocenters. The molecule has 0 saturated heterocycles. The van der Waals surface area contributed by atoms with Crippen LogP contribution in [0.15, 0.2) is 0 Å². The molecule has 0 radical (unpaired) electrons. The third-order valence-electron chi connectivity index (χ3n) is 0. The average molecular weight is 496 g/mol. The molecule has 0 aromatic carbocycles. The largest absolute Gasteiger partial charge is 1.00 e. The Hall–Kier alpha value is 3.45. The van der Waals surface area contributed by atoms with Crippen molar-refractivity contribution in [2.75, 3.05) is 0 Å². The van der Waals surface area contributed by atoms with Crippen LogP contribution in [0.4, 0.5) is 0 Å². The second-order valence-electron chi connectivity index (χ2n) is 0. The van der Waals surface area contributed by atoms with E-state index in [1.165, 1.54) is 0 Å². The van der Waals surface area contributed by atoms with Crippen molar-refractivity contribution in [3.8, 4) is 0 Å². The summed E-state index contributed by atoms with van der Waals surface area (Å²) in [7, 11) is 9.67. The van der Waals surface area contributed by atoms with E-state index in [2.05, 4.69) is 0 Å². The first-order valence-corrected chi connectivity index (χ1v) is 14.1. The van der Waals surface area contributed by atoms with Crippen LogP contribution in [0, 0.1) is 0 Å². The normalized spacial score (nSPS) is 2.80. The molecule has 0 fully saturated rings. The van der Waals surface area contributed by atoms with Gasteiger partial charge in [0.05, 0.1) is 0 Å². The number of hydrogen-bond acceptors (Lipinski definition) is 0. The predicted molar refractivity (Wildman–Crippen MR) is 12.8 cm³/mol. The van der Waals surface area contributed by atoms with Gasteiger partial charge in [0.25, 0.3) is 0 Å². The Balaban J connectivity index is -0.00000000500. The van der Waals surface area contributed by atoms with Crippen molar-refractivity contribution in [1.29, 1.82) is 0 Å². The summed E-state index contributed by atoms with van der Waals surface area (Å²) in [6.45, 7) is 0. The van der Waals surface area contributed by atoms with Crippen molar-refractivity contribution >= 4 is 16.5 Å². The molecule has 0 aliphatic heterocycles. The van der Waals surface area contributed by atoms with Gasteiger partial charge in [-0.2, -0.15) is 0 Å². The molecule has 20 valence electrons. The van der Waals surface area contributed by atoms with E-state index in [4.69, 9.17) is 16.5 Å². The monoisotopic (exact) mass is 498 g/mol. The molecule has 0 unspecified atom stereocenters. The van der Waals surface area contributed by atoms with E-state index in [9.17, 15) is 0 Å². The zero-order valence-electron chi connectivity index (χ0n) is 4.17. The van der Waals surface area contributed by atoms with Crippen molar-refractivity contribution in [3.05, 3.63) is 0 Å². The molecule has 5 heteroatoms. The Kier molecular flexibility index (Phi) is 82.2. The summed E-state index contributed by atoms with van der Waals surface area (Å²) in [5.74, 6) is 0. The van der Waals surface area contributed by atoms with Crippen LogP contribution in [0.3, 0.4) is 0 Å². The molecule has 0 aromatic heterocycles. The van der Waals surface area contributed by atoms with Crippen LogP contribution in [0.5, 0.6) is 0 Å². The maximum atomic E-state index is 4.83. The maximum absolute atomic E-state index is 4.83. The Bertz CT molecular complexity index is 11.5. The molecule has 0 heterocycles. The first-order valence-electron chi connectivity index (χ1n) is 0.535. The van der Waals surface area contributed by atoms with Gasteiger partial charge in [-0.1, -0.05) is 0 Å². The van der Waals surface area contributed by atoms with Gasteiger partial charge in [0.1, 0.15) is 0 Å². The summed E-state index contributed by atoms with van der Waals surface area (Å²) in [4.78, 5) is 0. The second kappa shape index (κ2) is 26.0. The molecule has 0 rings (SSSR count). The summed E-state index contributed by atoms with van der Waals surface area (Å²) in [5, 5.41) is 0. The summed E-state index contributed by atoms with van der Waals surface area (Å²) in [5.41, 5.74) is 0. The summed E-state index contributed by atoms with van der Waals surface area (Å²) < 4.78 is 0. The van der Waals surface area contributed by atoms with Gasteiger partial charge in [-0.05, 0) is 0 Å². The molecule has 0 nitrogen and oxygen atoms in total. The van der Waals surface area contributed by atoms with Gasteiger partial charge in [-0.25, -0.2) is 0 Å². The number of halogens is 2. The molecular formula is HCl2Hg2Na. The Labute approximate surface area is 95.0 Å². The Morgan fingerprint density at radius 1 is 1.00 bits per heavy atom. The number of rotatable bonds is 0. The average Bonchev–Trinajstić information content (AvgIpc) is 1.50. The summed E-state index contributed by atoms with van der Waals surface area (Å²) in [6, 6.07) is 0. The van der Waals surface area contributed by atoms with Crippen LogP contribution in [-0.2, 0) is 49.8 Å². The molecule has 0 aliphatic carbocycles. The first kappa shape index (κ1) is 15.8. The molecule has 0 spiro atoms. The zero-order valence-corrected chi connectivity index (χ0v) is 17.7. The van der Waals surface area contributed by atoms with Crippen LogP contribution in [0.2, 0.25) is 0 Å². The second-order valence-corrected chi connectivity index (χ2v) is 0. The van der Waals surface area contributed by atoms with E-state index in [-0.39, 0.29) is 31.0 Å². The Morgan fingerprint density at radius 2 is 1.00 bits per heavy atom. The van der Waals surface area contributed by atoms with Gasteiger partial charge in [-0.15, -0.1) is 0 Å². The third kappa shape index (κ3) is 18.6. The molecule has 0 bridgehead atoms. The molecule has 0 saturated carbocycles. The van der Waals surface area contributed by atoms with Crippen LogP contribution < -0.4 is 29.6 Å². The fourth-order valence-corrected chi connectivity index (χ4v) is 0. The molecular weight excluding hydrogens is 495 g/mol. The van der Waals surface area contributed by atoms with E-state index in [0.717, 1.165) is 0 Å².